The van der Waals surface area contributed by atoms with Crippen LogP contribution in [0.15, 0.2) is 91.0 Å². The molecule has 0 amide bonds. The fourth-order valence-electron chi connectivity index (χ4n) is 9.59. The molecule has 0 saturated carbocycles. The normalized spacial score (nSPS) is 26.6. The van der Waals surface area contributed by atoms with Gasteiger partial charge in [-0.1, -0.05) is 97.4 Å². The minimum Gasteiger partial charge on any atom is -0.466 e. The maximum atomic E-state index is 12.1. The van der Waals surface area contributed by atoms with Gasteiger partial charge in [-0.15, -0.1) is 0 Å². The zero-order valence-electron chi connectivity index (χ0n) is 35.8. The van der Waals surface area contributed by atoms with E-state index in [2.05, 4.69) is 90.5 Å². The highest BCUT2D eigenvalue weighted by Crippen LogP contribution is 2.24. The van der Waals surface area contributed by atoms with Crippen molar-refractivity contribution in [1.82, 2.24) is 29.8 Å². The van der Waals surface area contributed by atoms with Gasteiger partial charge in [0.25, 0.3) is 0 Å². The largest absolute Gasteiger partial charge is 0.466 e. The quantitative estimate of drug-likeness (QED) is 0.231. The third-order valence-electron chi connectivity index (χ3n) is 12.8. The zero-order valence-corrected chi connectivity index (χ0v) is 35.8. The number of ketones is 1. The maximum Gasteiger partial charge on any atom is 0.307 e. The molecular formula is C49H72N6O4. The number of likely N-dealkylation sites (tertiary alicyclic amines) is 2. The van der Waals surface area contributed by atoms with Crippen LogP contribution in [0.2, 0.25) is 0 Å². The smallest absolute Gasteiger partial charge is 0.307 e. The Bertz CT molecular complexity index is 1620. The van der Waals surface area contributed by atoms with Crippen LogP contribution in [0.5, 0.6) is 0 Å². The lowest BCUT2D eigenvalue weighted by molar-refractivity contribution is -0.147. The number of carbonyl (C=O) groups is 2. The molecule has 0 aliphatic carbocycles. The Morgan fingerprint density at radius 1 is 0.678 bits per heavy atom. The van der Waals surface area contributed by atoms with E-state index in [4.69, 9.17) is 9.84 Å². The molecule has 6 aliphatic heterocycles. The van der Waals surface area contributed by atoms with Crippen LogP contribution in [0.25, 0.3) is 0 Å². The van der Waals surface area contributed by atoms with Crippen molar-refractivity contribution < 1.29 is 19.4 Å². The number of carbonyl (C=O) groups excluding carboxylic acids is 2. The molecular weight excluding hydrogens is 737 g/mol. The van der Waals surface area contributed by atoms with E-state index in [0.29, 0.717) is 32.2 Å². The van der Waals surface area contributed by atoms with Gasteiger partial charge >= 0.3 is 5.97 Å². The van der Waals surface area contributed by atoms with Crippen molar-refractivity contribution in [3.8, 4) is 0 Å². The number of nitrogens with one attached hydrogen (secondary N) is 1. The Balaban J connectivity index is 0.000000137. The van der Waals surface area contributed by atoms with Crippen LogP contribution in [-0.2, 0) is 34.0 Å². The number of piperazine rings is 2. The Hall–Kier alpha value is -3.48. The number of hydrogen-bond acceptors (Lipinski definition) is 10. The Kier molecular flexibility index (Phi) is 18.9. The van der Waals surface area contributed by atoms with Gasteiger partial charge in [0.1, 0.15) is 0 Å². The molecule has 6 fully saturated rings. The summed E-state index contributed by atoms with van der Waals surface area (Å²) in [6, 6.07) is 33.4. The number of rotatable bonds is 11. The van der Waals surface area contributed by atoms with Crippen LogP contribution in [0.1, 0.15) is 81.4 Å². The van der Waals surface area contributed by atoms with Gasteiger partial charge < -0.3 is 25.0 Å². The van der Waals surface area contributed by atoms with E-state index in [1.165, 1.54) is 102 Å². The zero-order chi connectivity index (χ0) is 41.1. The summed E-state index contributed by atoms with van der Waals surface area (Å²) in [5.74, 6) is -0.133. The molecule has 6 atom stereocenters. The molecule has 0 spiro atoms. The van der Waals surface area contributed by atoms with E-state index in [1.54, 1.807) is 6.92 Å². The average Bonchev–Trinajstić information content (AvgIpc) is 3.82. The number of fused-ring (bicyclic) bond motifs is 4. The number of piperidine rings is 2. The summed E-state index contributed by atoms with van der Waals surface area (Å²) in [6.45, 7) is 17.6. The van der Waals surface area contributed by atoms with E-state index in [1.807, 2.05) is 30.3 Å². The molecule has 0 aromatic heterocycles. The summed E-state index contributed by atoms with van der Waals surface area (Å²) in [7, 11) is 0. The van der Waals surface area contributed by atoms with E-state index in [9.17, 15) is 9.59 Å². The number of Topliss-reactive ketones (excluding diaryl/α,β-unsaturated/α-hetero) is 1. The van der Waals surface area contributed by atoms with Crippen molar-refractivity contribution in [1.29, 1.82) is 0 Å². The first-order valence-electron chi connectivity index (χ1n) is 22.8. The topological polar surface area (TPSA) is 91.8 Å². The Labute approximate surface area is 354 Å². The number of aliphatic hydroxyl groups excluding tert-OH is 1. The molecule has 59 heavy (non-hydrogen) atoms. The van der Waals surface area contributed by atoms with E-state index in [0.717, 1.165) is 50.1 Å². The fraction of sp³-hybridized carbons (Fsp3) is 0.592. The predicted molar refractivity (Wildman–Crippen MR) is 237 cm³/mol. The van der Waals surface area contributed by atoms with Gasteiger partial charge in [0.05, 0.1) is 19.1 Å². The SMILES string of the molecule is C1CN2CCC(C2)N1.CCOC(=O)CC1C(=O)CCCN1Cc1ccccc1.OCCC1CCCCN1Cc1ccccc1.c1ccc(CN2CCN3CCC2C3)cc1. The highest BCUT2D eigenvalue weighted by Gasteiger charge is 2.33. The fourth-order valence-corrected chi connectivity index (χ4v) is 9.59. The second-order valence-electron chi connectivity index (χ2n) is 17.1. The Morgan fingerprint density at radius 3 is 1.92 bits per heavy atom. The highest BCUT2D eigenvalue weighted by atomic mass is 16.5. The van der Waals surface area contributed by atoms with E-state index < -0.39 is 0 Å². The third kappa shape index (κ3) is 14.9. The minimum absolute atomic E-state index is 0.153. The first-order valence-corrected chi connectivity index (χ1v) is 22.8. The molecule has 4 bridgehead atoms. The van der Waals surface area contributed by atoms with E-state index in [-0.39, 0.29) is 24.2 Å². The van der Waals surface area contributed by atoms with Crippen molar-refractivity contribution in [2.75, 3.05) is 78.7 Å². The standard InChI is InChI=1S/C16H21NO3.C14H21NO.C13H18N2.C6H12N2/c1-2-20-16(19)11-14-15(18)9-6-10-17(14)12-13-7-4-3-5-8-13;16-11-9-14-8-4-5-10-15(14)12-13-6-2-1-3-7-13;1-2-4-12(5-3-1)10-15-9-8-14-7-6-13(15)11-14;1-3-8-4-2-7-6(1)5-8/h3-5,7-8,14H,2,6,9-12H2,1H3;1-3,6-7,14,16H,4-5,8-12H2;1-5,13H,6-11H2;6-7H,1-5H2. The average molecular weight is 809 g/mol. The molecule has 6 unspecified atom stereocenters. The van der Waals surface area contributed by atoms with Crippen LogP contribution in [-0.4, -0.2) is 144 Å². The van der Waals surface area contributed by atoms with Gasteiger partial charge in [-0.25, -0.2) is 0 Å². The number of hydrogen-bond donors (Lipinski definition) is 2. The van der Waals surface area contributed by atoms with Crippen molar-refractivity contribution >= 4 is 11.8 Å². The number of nitrogens with zero attached hydrogens (tertiary/aromatic N) is 5. The highest BCUT2D eigenvalue weighted by molar-refractivity contribution is 5.88. The van der Waals surface area contributed by atoms with Crippen molar-refractivity contribution in [3.63, 3.8) is 0 Å². The molecule has 6 aliphatic rings. The number of esters is 1. The van der Waals surface area contributed by atoms with Gasteiger partial charge in [-0.2, -0.15) is 0 Å². The summed E-state index contributed by atoms with van der Waals surface area (Å²) in [6.07, 6.45) is 9.12. The summed E-state index contributed by atoms with van der Waals surface area (Å²) in [4.78, 5) is 36.1. The molecule has 10 nitrogen and oxygen atoms in total. The molecule has 6 heterocycles. The monoisotopic (exact) mass is 809 g/mol. The van der Waals surface area contributed by atoms with Gasteiger partial charge in [-0.3, -0.25) is 24.3 Å². The number of aliphatic hydroxyl groups is 1. The van der Waals surface area contributed by atoms with Gasteiger partial charge in [0.2, 0.25) is 0 Å². The number of benzene rings is 3. The maximum absolute atomic E-state index is 12.1. The molecule has 9 rings (SSSR count). The number of ether oxygens (including phenoxy) is 1. The molecule has 3 aromatic carbocycles. The van der Waals surface area contributed by atoms with Gasteiger partial charge in [0, 0.05) is 90.1 Å². The first-order chi connectivity index (χ1) is 29.0. The molecule has 10 heteroatoms. The van der Waals surface area contributed by atoms with Crippen molar-refractivity contribution in [3.05, 3.63) is 108 Å². The van der Waals surface area contributed by atoms with Crippen molar-refractivity contribution in [2.24, 2.45) is 0 Å². The molecule has 322 valence electrons. The predicted octanol–water partition coefficient (Wildman–Crippen LogP) is 5.84. The molecule has 0 radical (unpaired) electrons. The minimum atomic E-state index is -0.331. The van der Waals surface area contributed by atoms with Crippen LogP contribution in [0.4, 0.5) is 0 Å². The van der Waals surface area contributed by atoms with Crippen LogP contribution < -0.4 is 5.32 Å². The lowest BCUT2D eigenvalue weighted by Crippen LogP contribution is -2.46. The van der Waals surface area contributed by atoms with Gasteiger partial charge in [-0.05, 0) is 88.3 Å². The van der Waals surface area contributed by atoms with E-state index >= 15 is 0 Å². The second-order valence-corrected chi connectivity index (χ2v) is 17.1. The third-order valence-corrected chi connectivity index (χ3v) is 12.8. The lowest BCUT2D eigenvalue weighted by atomic mass is 9.97. The first kappa shape index (κ1) is 45.1. The summed E-state index contributed by atoms with van der Waals surface area (Å²) >= 11 is 0. The van der Waals surface area contributed by atoms with Crippen LogP contribution >= 0.6 is 0 Å². The summed E-state index contributed by atoms with van der Waals surface area (Å²) in [5.41, 5.74) is 4.00. The van der Waals surface area contributed by atoms with Crippen molar-refractivity contribution in [2.45, 2.75) is 109 Å². The van der Waals surface area contributed by atoms with Crippen LogP contribution in [0.3, 0.4) is 0 Å². The molecule has 2 N–H and O–H groups in total. The summed E-state index contributed by atoms with van der Waals surface area (Å²) in [5, 5.41) is 12.5. The molecule has 6 saturated heterocycles. The van der Waals surface area contributed by atoms with Gasteiger partial charge in [0.15, 0.2) is 5.78 Å². The summed E-state index contributed by atoms with van der Waals surface area (Å²) < 4.78 is 4.97. The lowest BCUT2D eigenvalue weighted by Gasteiger charge is -2.35. The Morgan fingerprint density at radius 2 is 1.29 bits per heavy atom. The van der Waals surface area contributed by atoms with Crippen LogP contribution in [0, 0.1) is 0 Å². The second kappa shape index (κ2) is 24.7. The molecule has 3 aromatic rings.